The van der Waals surface area contributed by atoms with Gasteiger partial charge in [0, 0.05) is 19.5 Å². The molecule has 2 rings (SSSR count). The van der Waals surface area contributed by atoms with Gasteiger partial charge in [-0.05, 0) is 24.3 Å². The Balaban J connectivity index is 1.70. The molecule has 0 aromatic heterocycles. The Kier molecular flexibility index (Phi) is 6.59. The number of nitrogens with zero attached hydrogens (tertiary/aromatic N) is 1. The molecule has 1 atom stereocenters. The maximum atomic E-state index is 12.4. The number of hydrogen-bond acceptors (Lipinski definition) is 3. The van der Waals surface area contributed by atoms with Gasteiger partial charge >= 0.3 is 0 Å². The van der Waals surface area contributed by atoms with Crippen LogP contribution in [0.2, 0.25) is 0 Å². The summed E-state index contributed by atoms with van der Waals surface area (Å²) in [5.41, 5.74) is 6.34. The Morgan fingerprint density at radius 3 is 2.52 bits per heavy atom. The first-order valence-electron chi connectivity index (χ1n) is 8.25. The van der Waals surface area contributed by atoms with Gasteiger partial charge in [-0.25, -0.2) is 0 Å². The number of benzene rings is 1. The molecule has 0 spiro atoms. The summed E-state index contributed by atoms with van der Waals surface area (Å²) in [6.07, 6.45) is 2.14. The number of amides is 2. The van der Waals surface area contributed by atoms with E-state index in [0.717, 1.165) is 18.4 Å². The minimum absolute atomic E-state index is 0.135. The smallest absolute Gasteiger partial charge is 0.227 e. The summed E-state index contributed by atoms with van der Waals surface area (Å²) >= 11 is 0. The van der Waals surface area contributed by atoms with Crippen LogP contribution in [-0.4, -0.2) is 36.4 Å². The fourth-order valence-corrected chi connectivity index (χ4v) is 2.95. The van der Waals surface area contributed by atoms with Gasteiger partial charge < -0.3 is 15.4 Å². The minimum Gasteiger partial charge on any atom is -0.376 e. The van der Waals surface area contributed by atoms with Crippen LogP contribution >= 0.6 is 0 Å². The summed E-state index contributed by atoms with van der Waals surface area (Å²) in [6, 6.07) is 9.94. The number of nitrogens with two attached hydrogens (primary N) is 1. The van der Waals surface area contributed by atoms with Crippen molar-refractivity contribution in [3.63, 3.8) is 0 Å². The second-order valence-corrected chi connectivity index (χ2v) is 6.34. The van der Waals surface area contributed by atoms with Crippen molar-refractivity contribution in [3.8, 4) is 0 Å². The lowest BCUT2D eigenvalue weighted by atomic mass is 9.92. The number of primary amides is 1. The van der Waals surface area contributed by atoms with Crippen LogP contribution in [0.3, 0.4) is 0 Å². The zero-order valence-electron chi connectivity index (χ0n) is 13.7. The zero-order valence-corrected chi connectivity index (χ0v) is 13.7. The van der Waals surface area contributed by atoms with Crippen LogP contribution in [0.5, 0.6) is 0 Å². The zero-order chi connectivity index (χ0) is 16.7. The average molecular weight is 318 g/mol. The Morgan fingerprint density at radius 1 is 1.26 bits per heavy atom. The molecule has 5 heteroatoms. The molecule has 1 aliphatic heterocycles. The van der Waals surface area contributed by atoms with E-state index in [1.54, 1.807) is 0 Å². The van der Waals surface area contributed by atoms with Crippen LogP contribution in [0, 0.1) is 11.8 Å². The summed E-state index contributed by atoms with van der Waals surface area (Å²) in [5, 5.41) is 0. The highest BCUT2D eigenvalue weighted by molar-refractivity contribution is 5.78. The monoisotopic (exact) mass is 318 g/mol. The minimum atomic E-state index is -0.252. The molecule has 0 saturated carbocycles. The molecule has 1 aromatic carbocycles. The Hall–Kier alpha value is -1.88. The molecule has 126 valence electrons. The van der Waals surface area contributed by atoms with E-state index in [2.05, 4.69) is 0 Å². The number of hydrogen-bond donors (Lipinski definition) is 1. The topological polar surface area (TPSA) is 72.6 Å². The molecule has 1 aromatic rings. The van der Waals surface area contributed by atoms with Crippen molar-refractivity contribution in [3.05, 3.63) is 35.9 Å². The standard InChI is InChI=1S/C18H26N2O3/c1-14(12-23-13-16-5-3-2-4-6-16)18(22)20-9-7-15(8-10-20)11-17(19)21/h2-6,14-15H,7-13H2,1H3,(H2,19,21)/t14-/m0/s1. The van der Waals surface area contributed by atoms with Gasteiger partial charge in [-0.2, -0.15) is 0 Å². The van der Waals surface area contributed by atoms with Gasteiger partial charge in [-0.3, -0.25) is 9.59 Å². The van der Waals surface area contributed by atoms with Crippen molar-refractivity contribution in [1.82, 2.24) is 4.90 Å². The molecule has 5 nitrogen and oxygen atoms in total. The van der Waals surface area contributed by atoms with Crippen LogP contribution in [-0.2, 0) is 20.9 Å². The molecular weight excluding hydrogens is 292 g/mol. The van der Waals surface area contributed by atoms with Crippen LogP contribution < -0.4 is 5.73 Å². The molecule has 0 unspecified atom stereocenters. The third-order valence-corrected chi connectivity index (χ3v) is 4.32. The van der Waals surface area contributed by atoms with E-state index in [4.69, 9.17) is 10.5 Å². The lowest BCUT2D eigenvalue weighted by Gasteiger charge is -2.33. The van der Waals surface area contributed by atoms with Crippen LogP contribution in [0.25, 0.3) is 0 Å². The van der Waals surface area contributed by atoms with Gasteiger partial charge in [0.15, 0.2) is 0 Å². The van der Waals surface area contributed by atoms with Crippen molar-refractivity contribution in [2.75, 3.05) is 19.7 Å². The lowest BCUT2D eigenvalue weighted by Crippen LogP contribution is -2.42. The van der Waals surface area contributed by atoms with Crippen molar-refractivity contribution in [2.45, 2.75) is 32.8 Å². The first-order chi connectivity index (χ1) is 11.1. The maximum Gasteiger partial charge on any atom is 0.227 e. The van der Waals surface area contributed by atoms with E-state index in [-0.39, 0.29) is 17.7 Å². The van der Waals surface area contributed by atoms with Crippen LogP contribution in [0.1, 0.15) is 31.7 Å². The number of rotatable bonds is 7. The number of carbonyl (C=O) groups excluding carboxylic acids is 2. The van der Waals surface area contributed by atoms with E-state index >= 15 is 0 Å². The van der Waals surface area contributed by atoms with E-state index in [1.807, 2.05) is 42.2 Å². The molecule has 2 N–H and O–H groups in total. The van der Waals surface area contributed by atoms with Crippen molar-refractivity contribution >= 4 is 11.8 Å². The Labute approximate surface area is 137 Å². The SMILES string of the molecule is C[C@@H](COCc1ccccc1)C(=O)N1CCC(CC(N)=O)CC1. The van der Waals surface area contributed by atoms with Gasteiger partial charge in [0.25, 0.3) is 0 Å². The molecule has 1 heterocycles. The fourth-order valence-electron chi connectivity index (χ4n) is 2.95. The van der Waals surface area contributed by atoms with Crippen LogP contribution in [0.4, 0.5) is 0 Å². The Morgan fingerprint density at radius 2 is 1.91 bits per heavy atom. The van der Waals surface area contributed by atoms with E-state index in [1.165, 1.54) is 0 Å². The second-order valence-electron chi connectivity index (χ2n) is 6.34. The highest BCUT2D eigenvalue weighted by Crippen LogP contribution is 2.21. The largest absolute Gasteiger partial charge is 0.376 e. The quantitative estimate of drug-likeness (QED) is 0.835. The molecule has 1 aliphatic rings. The third-order valence-electron chi connectivity index (χ3n) is 4.32. The van der Waals surface area contributed by atoms with Crippen molar-refractivity contribution in [1.29, 1.82) is 0 Å². The van der Waals surface area contributed by atoms with Crippen molar-refractivity contribution < 1.29 is 14.3 Å². The van der Waals surface area contributed by atoms with E-state index in [0.29, 0.717) is 38.6 Å². The number of carbonyl (C=O) groups is 2. The number of likely N-dealkylation sites (tertiary alicyclic amines) is 1. The normalized spacial score (nSPS) is 17.0. The molecule has 1 saturated heterocycles. The van der Waals surface area contributed by atoms with Gasteiger partial charge in [0.05, 0.1) is 19.1 Å². The first-order valence-corrected chi connectivity index (χ1v) is 8.25. The van der Waals surface area contributed by atoms with E-state index in [9.17, 15) is 9.59 Å². The van der Waals surface area contributed by atoms with E-state index < -0.39 is 0 Å². The van der Waals surface area contributed by atoms with Crippen molar-refractivity contribution in [2.24, 2.45) is 17.6 Å². The van der Waals surface area contributed by atoms with Gasteiger partial charge in [-0.15, -0.1) is 0 Å². The summed E-state index contributed by atoms with van der Waals surface area (Å²) in [6.45, 7) is 4.27. The maximum absolute atomic E-state index is 12.4. The molecule has 1 fully saturated rings. The Bertz CT molecular complexity index is 510. The predicted octanol–water partition coefficient (Wildman–Crippen LogP) is 1.95. The highest BCUT2D eigenvalue weighted by Gasteiger charge is 2.26. The first kappa shape index (κ1) is 17.5. The van der Waals surface area contributed by atoms with Crippen LogP contribution in [0.15, 0.2) is 30.3 Å². The second kappa shape index (κ2) is 8.67. The summed E-state index contributed by atoms with van der Waals surface area (Å²) in [4.78, 5) is 25.3. The lowest BCUT2D eigenvalue weighted by molar-refractivity contribution is -0.138. The number of ether oxygens (including phenoxy) is 1. The molecule has 23 heavy (non-hydrogen) atoms. The summed E-state index contributed by atoms with van der Waals surface area (Å²) in [5.74, 6) is 0.0561. The average Bonchev–Trinajstić information content (AvgIpc) is 2.55. The molecular formula is C18H26N2O3. The summed E-state index contributed by atoms with van der Waals surface area (Å²) < 4.78 is 5.66. The molecule has 0 bridgehead atoms. The predicted molar refractivity (Wildman–Crippen MR) is 88.4 cm³/mol. The van der Waals surface area contributed by atoms with Gasteiger partial charge in [0.2, 0.25) is 11.8 Å². The number of piperidine rings is 1. The summed E-state index contributed by atoms with van der Waals surface area (Å²) in [7, 11) is 0. The van der Waals surface area contributed by atoms with Gasteiger partial charge in [0.1, 0.15) is 0 Å². The molecule has 0 radical (unpaired) electrons. The van der Waals surface area contributed by atoms with Gasteiger partial charge in [-0.1, -0.05) is 37.3 Å². The third kappa shape index (κ3) is 5.67. The fraction of sp³-hybridized carbons (Fsp3) is 0.556. The highest BCUT2D eigenvalue weighted by atomic mass is 16.5. The molecule has 0 aliphatic carbocycles. The molecule has 2 amide bonds.